The summed E-state index contributed by atoms with van der Waals surface area (Å²) in [5.41, 5.74) is 0. The molecular weight excluding hydrogens is 162 g/mol. The summed E-state index contributed by atoms with van der Waals surface area (Å²) in [6, 6.07) is 0.635. The van der Waals surface area contributed by atoms with Gasteiger partial charge in [-0.15, -0.1) is 0 Å². The first-order valence-electron chi connectivity index (χ1n) is 5.74. The SMILES string of the molecule is CCCCCON1CCCC[C@H]1C. The van der Waals surface area contributed by atoms with Gasteiger partial charge in [0.15, 0.2) is 0 Å². The minimum absolute atomic E-state index is 0.635. The number of piperidine rings is 1. The van der Waals surface area contributed by atoms with Gasteiger partial charge in [0.1, 0.15) is 0 Å². The molecule has 2 heteroatoms. The Labute approximate surface area is 82.2 Å². The highest BCUT2D eigenvalue weighted by atomic mass is 16.7. The molecule has 0 spiro atoms. The van der Waals surface area contributed by atoms with E-state index in [0.29, 0.717) is 6.04 Å². The van der Waals surface area contributed by atoms with Crippen LogP contribution in [-0.2, 0) is 4.84 Å². The van der Waals surface area contributed by atoms with Crippen LogP contribution < -0.4 is 0 Å². The second-order valence-electron chi connectivity index (χ2n) is 4.03. The summed E-state index contributed by atoms with van der Waals surface area (Å²) < 4.78 is 0. The highest BCUT2D eigenvalue weighted by Gasteiger charge is 2.18. The Morgan fingerprint density at radius 2 is 2.15 bits per heavy atom. The highest BCUT2D eigenvalue weighted by Crippen LogP contribution is 2.16. The van der Waals surface area contributed by atoms with Gasteiger partial charge in [-0.05, 0) is 26.2 Å². The molecule has 1 aliphatic rings. The maximum atomic E-state index is 5.73. The molecule has 0 unspecified atom stereocenters. The zero-order valence-corrected chi connectivity index (χ0v) is 9.09. The molecule has 0 amide bonds. The molecule has 78 valence electrons. The van der Waals surface area contributed by atoms with Crippen molar-refractivity contribution >= 4 is 0 Å². The first-order valence-corrected chi connectivity index (χ1v) is 5.74. The van der Waals surface area contributed by atoms with Crippen molar-refractivity contribution in [1.82, 2.24) is 5.06 Å². The smallest absolute Gasteiger partial charge is 0.0685 e. The lowest BCUT2D eigenvalue weighted by molar-refractivity contribution is -0.194. The van der Waals surface area contributed by atoms with E-state index in [1.807, 2.05) is 0 Å². The summed E-state index contributed by atoms with van der Waals surface area (Å²) in [6.07, 6.45) is 7.75. The molecule has 0 aromatic rings. The number of hydrogen-bond acceptors (Lipinski definition) is 2. The average Bonchev–Trinajstić information content (AvgIpc) is 2.15. The van der Waals surface area contributed by atoms with E-state index in [0.717, 1.165) is 13.2 Å². The van der Waals surface area contributed by atoms with Gasteiger partial charge in [0.2, 0.25) is 0 Å². The number of unbranched alkanes of at least 4 members (excludes halogenated alkanes) is 2. The highest BCUT2D eigenvalue weighted by molar-refractivity contribution is 4.66. The predicted molar refractivity (Wildman–Crippen MR) is 55.5 cm³/mol. The van der Waals surface area contributed by atoms with Crippen molar-refractivity contribution < 1.29 is 4.84 Å². The fourth-order valence-corrected chi connectivity index (χ4v) is 1.80. The van der Waals surface area contributed by atoms with Crippen LogP contribution in [-0.4, -0.2) is 24.3 Å². The largest absolute Gasteiger partial charge is 0.299 e. The third kappa shape index (κ3) is 4.10. The molecule has 0 aromatic heterocycles. The van der Waals surface area contributed by atoms with E-state index in [2.05, 4.69) is 18.9 Å². The lowest BCUT2D eigenvalue weighted by Gasteiger charge is -2.32. The van der Waals surface area contributed by atoms with Crippen LogP contribution in [0.15, 0.2) is 0 Å². The standard InChI is InChI=1S/C11H23NO/c1-3-4-7-10-13-12-9-6-5-8-11(12)2/h11H,3-10H2,1-2H3/t11-/m1/s1. The molecule has 0 saturated carbocycles. The van der Waals surface area contributed by atoms with Crippen molar-refractivity contribution in [3.8, 4) is 0 Å². The zero-order valence-electron chi connectivity index (χ0n) is 9.09. The van der Waals surface area contributed by atoms with Crippen molar-refractivity contribution in [2.75, 3.05) is 13.2 Å². The van der Waals surface area contributed by atoms with E-state index in [-0.39, 0.29) is 0 Å². The molecule has 1 atom stereocenters. The Morgan fingerprint density at radius 3 is 2.85 bits per heavy atom. The third-order valence-corrected chi connectivity index (χ3v) is 2.75. The van der Waals surface area contributed by atoms with Crippen molar-refractivity contribution in [2.24, 2.45) is 0 Å². The number of hydrogen-bond donors (Lipinski definition) is 0. The zero-order chi connectivity index (χ0) is 9.52. The van der Waals surface area contributed by atoms with Gasteiger partial charge in [0.05, 0.1) is 6.61 Å². The molecule has 1 fully saturated rings. The third-order valence-electron chi connectivity index (χ3n) is 2.75. The number of hydroxylamine groups is 2. The molecule has 1 heterocycles. The number of nitrogens with zero attached hydrogens (tertiary/aromatic N) is 1. The number of rotatable bonds is 5. The van der Waals surface area contributed by atoms with Crippen molar-refractivity contribution in [3.05, 3.63) is 0 Å². The summed E-state index contributed by atoms with van der Waals surface area (Å²) in [4.78, 5) is 5.73. The lowest BCUT2D eigenvalue weighted by atomic mass is 10.1. The van der Waals surface area contributed by atoms with E-state index in [1.54, 1.807) is 0 Å². The molecule has 1 saturated heterocycles. The van der Waals surface area contributed by atoms with Gasteiger partial charge in [-0.1, -0.05) is 26.2 Å². The van der Waals surface area contributed by atoms with E-state index < -0.39 is 0 Å². The van der Waals surface area contributed by atoms with Crippen molar-refractivity contribution in [2.45, 2.75) is 58.4 Å². The van der Waals surface area contributed by atoms with E-state index >= 15 is 0 Å². The first-order chi connectivity index (χ1) is 6.34. The molecule has 13 heavy (non-hydrogen) atoms. The van der Waals surface area contributed by atoms with Gasteiger partial charge in [-0.2, -0.15) is 5.06 Å². The Bertz CT molecular complexity index is 127. The molecule has 1 aliphatic heterocycles. The molecule has 0 aromatic carbocycles. The average molecular weight is 185 g/mol. The maximum absolute atomic E-state index is 5.73. The molecule has 2 nitrogen and oxygen atoms in total. The van der Waals surface area contributed by atoms with Crippen LogP contribution in [0, 0.1) is 0 Å². The fourth-order valence-electron chi connectivity index (χ4n) is 1.80. The van der Waals surface area contributed by atoms with Gasteiger partial charge in [-0.25, -0.2) is 0 Å². The van der Waals surface area contributed by atoms with Crippen molar-refractivity contribution in [1.29, 1.82) is 0 Å². The van der Waals surface area contributed by atoms with Gasteiger partial charge >= 0.3 is 0 Å². The molecule has 0 bridgehead atoms. The Hall–Kier alpha value is -0.0800. The fraction of sp³-hybridized carbons (Fsp3) is 1.00. The Balaban J connectivity index is 2.05. The molecule has 0 aliphatic carbocycles. The van der Waals surface area contributed by atoms with Crippen LogP contribution in [0.1, 0.15) is 52.4 Å². The van der Waals surface area contributed by atoms with Crippen LogP contribution in [0.3, 0.4) is 0 Å². The molecule has 1 rings (SSSR count). The maximum Gasteiger partial charge on any atom is 0.0685 e. The van der Waals surface area contributed by atoms with Crippen LogP contribution in [0.25, 0.3) is 0 Å². The van der Waals surface area contributed by atoms with Gasteiger partial charge in [0, 0.05) is 12.6 Å². The van der Waals surface area contributed by atoms with E-state index in [9.17, 15) is 0 Å². The molecular formula is C11H23NO. The van der Waals surface area contributed by atoms with E-state index in [1.165, 1.54) is 38.5 Å². The van der Waals surface area contributed by atoms with Gasteiger partial charge < -0.3 is 0 Å². The van der Waals surface area contributed by atoms with E-state index in [4.69, 9.17) is 4.84 Å². The second kappa shape index (κ2) is 6.39. The summed E-state index contributed by atoms with van der Waals surface area (Å²) in [5.74, 6) is 0. The molecule has 0 radical (unpaired) electrons. The quantitative estimate of drug-likeness (QED) is 0.610. The monoisotopic (exact) mass is 185 g/mol. The first kappa shape index (κ1) is 11.0. The van der Waals surface area contributed by atoms with Crippen LogP contribution >= 0.6 is 0 Å². The Kier molecular flexibility index (Phi) is 5.40. The van der Waals surface area contributed by atoms with Crippen LogP contribution in [0.4, 0.5) is 0 Å². The topological polar surface area (TPSA) is 12.5 Å². The summed E-state index contributed by atoms with van der Waals surface area (Å²) in [7, 11) is 0. The van der Waals surface area contributed by atoms with Crippen molar-refractivity contribution in [3.63, 3.8) is 0 Å². The normalized spacial score (nSPS) is 24.9. The lowest BCUT2D eigenvalue weighted by Crippen LogP contribution is -2.37. The summed E-state index contributed by atoms with van der Waals surface area (Å²) in [6.45, 7) is 6.54. The predicted octanol–water partition coefficient (Wildman–Crippen LogP) is 2.98. The summed E-state index contributed by atoms with van der Waals surface area (Å²) >= 11 is 0. The van der Waals surface area contributed by atoms with Gasteiger partial charge in [0.25, 0.3) is 0 Å². The van der Waals surface area contributed by atoms with Crippen LogP contribution in [0.2, 0.25) is 0 Å². The van der Waals surface area contributed by atoms with Crippen LogP contribution in [0.5, 0.6) is 0 Å². The van der Waals surface area contributed by atoms with Gasteiger partial charge in [-0.3, -0.25) is 4.84 Å². The Morgan fingerprint density at radius 1 is 1.31 bits per heavy atom. The second-order valence-corrected chi connectivity index (χ2v) is 4.03. The minimum Gasteiger partial charge on any atom is -0.299 e. The summed E-state index contributed by atoms with van der Waals surface area (Å²) in [5, 5.41) is 2.18. The molecule has 0 N–H and O–H groups in total. The minimum atomic E-state index is 0.635.